The topological polar surface area (TPSA) is 59.0 Å². The van der Waals surface area contributed by atoms with Crippen LogP contribution in [-0.2, 0) is 14.3 Å². The Hall–Kier alpha value is -0.650. The Morgan fingerprint density at radius 2 is 1.94 bits per heavy atom. The van der Waals surface area contributed by atoms with Gasteiger partial charge in [0.05, 0.1) is 26.2 Å². The van der Waals surface area contributed by atoms with Crippen LogP contribution in [-0.4, -0.2) is 62.0 Å². The zero-order chi connectivity index (χ0) is 12.6. The SMILES string of the molecule is COCCN(CCC(=O)OC)C(C)C(C)O. The van der Waals surface area contributed by atoms with E-state index < -0.39 is 6.10 Å². The second-order valence-electron chi connectivity index (χ2n) is 3.84. The van der Waals surface area contributed by atoms with Crippen molar-refractivity contribution in [2.75, 3.05) is 33.9 Å². The van der Waals surface area contributed by atoms with E-state index in [-0.39, 0.29) is 12.0 Å². The monoisotopic (exact) mass is 233 g/mol. The quantitative estimate of drug-likeness (QED) is 0.610. The van der Waals surface area contributed by atoms with Crippen LogP contribution >= 0.6 is 0 Å². The third-order valence-corrected chi connectivity index (χ3v) is 2.69. The van der Waals surface area contributed by atoms with Crippen LogP contribution < -0.4 is 0 Å². The number of rotatable bonds is 8. The van der Waals surface area contributed by atoms with E-state index in [0.717, 1.165) is 0 Å². The lowest BCUT2D eigenvalue weighted by Crippen LogP contribution is -2.43. The van der Waals surface area contributed by atoms with Crippen molar-refractivity contribution in [1.82, 2.24) is 4.90 Å². The Balaban J connectivity index is 4.14. The molecule has 0 aliphatic carbocycles. The van der Waals surface area contributed by atoms with Gasteiger partial charge in [-0.1, -0.05) is 0 Å². The molecule has 0 aromatic carbocycles. The molecule has 0 rings (SSSR count). The predicted molar refractivity (Wildman–Crippen MR) is 61.2 cm³/mol. The maximum absolute atomic E-state index is 11.0. The molecule has 5 nitrogen and oxygen atoms in total. The number of hydrogen-bond donors (Lipinski definition) is 1. The van der Waals surface area contributed by atoms with Crippen LogP contribution in [0.1, 0.15) is 20.3 Å². The van der Waals surface area contributed by atoms with Gasteiger partial charge in [-0.05, 0) is 13.8 Å². The molecule has 2 unspecified atom stereocenters. The average Bonchev–Trinajstić information content (AvgIpc) is 2.27. The van der Waals surface area contributed by atoms with Gasteiger partial charge in [-0.25, -0.2) is 0 Å². The van der Waals surface area contributed by atoms with Crippen molar-refractivity contribution in [3.05, 3.63) is 0 Å². The van der Waals surface area contributed by atoms with E-state index in [2.05, 4.69) is 4.74 Å². The number of ether oxygens (including phenoxy) is 2. The van der Waals surface area contributed by atoms with E-state index >= 15 is 0 Å². The van der Waals surface area contributed by atoms with Crippen molar-refractivity contribution in [3.8, 4) is 0 Å². The summed E-state index contributed by atoms with van der Waals surface area (Å²) in [7, 11) is 3.01. The zero-order valence-corrected chi connectivity index (χ0v) is 10.6. The third kappa shape index (κ3) is 6.05. The van der Waals surface area contributed by atoms with E-state index in [1.54, 1.807) is 14.0 Å². The molecule has 2 atom stereocenters. The first-order chi connectivity index (χ1) is 7.52. The largest absolute Gasteiger partial charge is 0.469 e. The first-order valence-corrected chi connectivity index (χ1v) is 5.50. The van der Waals surface area contributed by atoms with Crippen LogP contribution in [0.2, 0.25) is 0 Å². The molecule has 0 radical (unpaired) electrons. The summed E-state index contributed by atoms with van der Waals surface area (Å²) in [6.45, 7) is 5.51. The van der Waals surface area contributed by atoms with E-state index in [1.807, 2.05) is 11.8 Å². The normalized spacial score (nSPS) is 14.9. The number of hydrogen-bond acceptors (Lipinski definition) is 5. The third-order valence-electron chi connectivity index (χ3n) is 2.69. The van der Waals surface area contributed by atoms with Crippen LogP contribution in [0.5, 0.6) is 0 Å². The van der Waals surface area contributed by atoms with Crippen LogP contribution in [0.25, 0.3) is 0 Å². The van der Waals surface area contributed by atoms with Crippen molar-refractivity contribution >= 4 is 5.97 Å². The Kier molecular flexibility index (Phi) is 8.15. The molecule has 96 valence electrons. The molecule has 0 bridgehead atoms. The highest BCUT2D eigenvalue weighted by Gasteiger charge is 2.18. The van der Waals surface area contributed by atoms with Gasteiger partial charge in [0.1, 0.15) is 0 Å². The Bertz CT molecular complexity index is 196. The Morgan fingerprint density at radius 3 is 2.38 bits per heavy atom. The highest BCUT2D eigenvalue weighted by Crippen LogP contribution is 2.05. The molecule has 16 heavy (non-hydrogen) atoms. The highest BCUT2D eigenvalue weighted by atomic mass is 16.5. The van der Waals surface area contributed by atoms with Gasteiger partial charge in [0.2, 0.25) is 0 Å². The van der Waals surface area contributed by atoms with Gasteiger partial charge in [0.15, 0.2) is 0 Å². The molecule has 0 aromatic rings. The minimum atomic E-state index is -0.436. The van der Waals surface area contributed by atoms with Crippen LogP contribution in [0.3, 0.4) is 0 Å². The van der Waals surface area contributed by atoms with Crippen LogP contribution in [0, 0.1) is 0 Å². The maximum atomic E-state index is 11.0. The zero-order valence-electron chi connectivity index (χ0n) is 10.6. The summed E-state index contributed by atoms with van der Waals surface area (Å²) in [6, 6.07) is -0.000180. The molecule has 0 amide bonds. The Morgan fingerprint density at radius 1 is 1.31 bits per heavy atom. The van der Waals surface area contributed by atoms with Gasteiger partial charge in [-0.2, -0.15) is 0 Å². The summed E-state index contributed by atoms with van der Waals surface area (Å²) in [4.78, 5) is 13.1. The molecule has 0 aliphatic heterocycles. The van der Waals surface area contributed by atoms with Crippen molar-refractivity contribution in [2.24, 2.45) is 0 Å². The molecule has 0 aromatic heterocycles. The fourth-order valence-electron chi connectivity index (χ4n) is 1.37. The number of esters is 1. The van der Waals surface area contributed by atoms with E-state index in [0.29, 0.717) is 26.1 Å². The average molecular weight is 233 g/mol. The van der Waals surface area contributed by atoms with Crippen molar-refractivity contribution in [1.29, 1.82) is 0 Å². The number of aliphatic hydroxyl groups is 1. The molecule has 0 fully saturated rings. The summed E-state index contributed by atoms with van der Waals surface area (Å²) in [5, 5.41) is 9.51. The fraction of sp³-hybridized carbons (Fsp3) is 0.909. The summed E-state index contributed by atoms with van der Waals surface area (Å²) < 4.78 is 9.58. The summed E-state index contributed by atoms with van der Waals surface area (Å²) >= 11 is 0. The van der Waals surface area contributed by atoms with Gasteiger partial charge in [0.25, 0.3) is 0 Å². The molecule has 0 heterocycles. The number of carbonyl (C=O) groups excluding carboxylic acids is 1. The van der Waals surface area contributed by atoms with E-state index in [4.69, 9.17) is 4.74 Å². The molecule has 1 N–H and O–H groups in total. The second-order valence-corrected chi connectivity index (χ2v) is 3.84. The van der Waals surface area contributed by atoms with Crippen molar-refractivity contribution in [3.63, 3.8) is 0 Å². The summed E-state index contributed by atoms with van der Waals surface area (Å²) in [5.74, 6) is -0.236. The number of carbonyl (C=O) groups is 1. The van der Waals surface area contributed by atoms with Gasteiger partial charge in [-0.3, -0.25) is 9.69 Å². The highest BCUT2D eigenvalue weighted by molar-refractivity contribution is 5.69. The minimum Gasteiger partial charge on any atom is -0.469 e. The molecule has 0 saturated carbocycles. The predicted octanol–water partition coefficient (Wildman–Crippen LogP) is 0.267. The summed E-state index contributed by atoms with van der Waals surface area (Å²) in [6.07, 6.45) is -0.105. The molecule has 0 spiro atoms. The molecule has 0 aliphatic rings. The lowest BCUT2D eigenvalue weighted by atomic mass is 10.1. The molecule has 5 heteroatoms. The lowest BCUT2D eigenvalue weighted by molar-refractivity contribution is -0.141. The number of nitrogens with zero attached hydrogens (tertiary/aromatic N) is 1. The number of aliphatic hydroxyl groups excluding tert-OH is 1. The molecule has 0 saturated heterocycles. The first kappa shape index (κ1) is 15.3. The van der Waals surface area contributed by atoms with Crippen molar-refractivity contribution in [2.45, 2.75) is 32.4 Å². The minimum absolute atomic E-state index is 0.000180. The second kappa shape index (κ2) is 8.50. The number of methoxy groups -OCH3 is 2. The van der Waals surface area contributed by atoms with Gasteiger partial charge < -0.3 is 14.6 Å². The first-order valence-electron chi connectivity index (χ1n) is 5.50. The van der Waals surface area contributed by atoms with Crippen molar-refractivity contribution < 1.29 is 19.4 Å². The van der Waals surface area contributed by atoms with Gasteiger partial charge in [-0.15, -0.1) is 0 Å². The molecular formula is C11H23NO4. The maximum Gasteiger partial charge on any atom is 0.306 e. The Labute approximate surface area is 97.3 Å². The molecular weight excluding hydrogens is 210 g/mol. The summed E-state index contributed by atoms with van der Waals surface area (Å²) in [5.41, 5.74) is 0. The van der Waals surface area contributed by atoms with Crippen LogP contribution in [0.15, 0.2) is 0 Å². The van der Waals surface area contributed by atoms with Gasteiger partial charge in [0, 0.05) is 26.2 Å². The van der Waals surface area contributed by atoms with Gasteiger partial charge >= 0.3 is 5.97 Å². The van der Waals surface area contributed by atoms with E-state index in [9.17, 15) is 9.90 Å². The lowest BCUT2D eigenvalue weighted by Gasteiger charge is -2.30. The smallest absolute Gasteiger partial charge is 0.306 e. The fourth-order valence-corrected chi connectivity index (χ4v) is 1.37. The van der Waals surface area contributed by atoms with E-state index in [1.165, 1.54) is 7.11 Å². The van der Waals surface area contributed by atoms with Crippen LogP contribution in [0.4, 0.5) is 0 Å². The standard InChI is InChI=1S/C11H23NO4/c1-9(10(2)13)12(7-8-15-3)6-5-11(14)16-4/h9-10,13H,5-8H2,1-4H3.